The molecule has 4 nitrogen and oxygen atoms in total. The highest BCUT2D eigenvalue weighted by Crippen LogP contribution is 2.35. The maximum Gasteiger partial charge on any atom is 0.163 e. The Labute approximate surface area is 114 Å². The summed E-state index contributed by atoms with van der Waals surface area (Å²) in [6, 6.07) is 6.89. The quantitative estimate of drug-likeness (QED) is 0.887. The lowest BCUT2D eigenvalue weighted by Crippen LogP contribution is -2.42. The van der Waals surface area contributed by atoms with E-state index in [0.717, 1.165) is 43.2 Å². The lowest BCUT2D eigenvalue weighted by atomic mass is 10.1. The molecular formula is C15H22N2O2. The molecule has 4 heteroatoms. The molecule has 2 atom stereocenters. The van der Waals surface area contributed by atoms with E-state index >= 15 is 0 Å². The molecule has 1 aromatic rings. The van der Waals surface area contributed by atoms with E-state index in [4.69, 9.17) is 15.2 Å². The zero-order chi connectivity index (χ0) is 13.2. The predicted molar refractivity (Wildman–Crippen MR) is 76.1 cm³/mol. The van der Waals surface area contributed by atoms with E-state index in [0.29, 0.717) is 6.04 Å². The van der Waals surface area contributed by atoms with Crippen molar-refractivity contribution in [1.82, 2.24) is 0 Å². The minimum Gasteiger partial charge on any atom is -0.490 e. The normalized spacial score (nSPS) is 26.0. The van der Waals surface area contributed by atoms with Crippen molar-refractivity contribution in [2.45, 2.75) is 37.8 Å². The number of nitrogens with zero attached hydrogens (tertiary/aromatic N) is 1. The van der Waals surface area contributed by atoms with Crippen LogP contribution in [0.25, 0.3) is 0 Å². The van der Waals surface area contributed by atoms with Crippen molar-refractivity contribution in [1.29, 1.82) is 0 Å². The highest BCUT2D eigenvalue weighted by molar-refractivity contribution is 5.57. The maximum absolute atomic E-state index is 6.18. The average molecular weight is 262 g/mol. The van der Waals surface area contributed by atoms with Crippen LogP contribution >= 0.6 is 0 Å². The van der Waals surface area contributed by atoms with Crippen molar-refractivity contribution < 1.29 is 9.47 Å². The number of hydrogen-bond acceptors (Lipinski definition) is 4. The molecule has 0 spiro atoms. The summed E-state index contributed by atoms with van der Waals surface area (Å²) in [5, 5.41) is 0. The van der Waals surface area contributed by atoms with E-state index in [2.05, 4.69) is 24.1 Å². The summed E-state index contributed by atoms with van der Waals surface area (Å²) >= 11 is 0. The lowest BCUT2D eigenvalue weighted by Gasteiger charge is -2.30. The number of likely N-dealkylation sites (N-methyl/N-ethyl adjacent to an activating group) is 1. The van der Waals surface area contributed by atoms with Gasteiger partial charge in [-0.1, -0.05) is 0 Å². The van der Waals surface area contributed by atoms with Crippen molar-refractivity contribution in [2.75, 3.05) is 25.2 Å². The molecular weight excluding hydrogens is 240 g/mol. The molecule has 1 saturated carbocycles. The van der Waals surface area contributed by atoms with Gasteiger partial charge in [-0.3, -0.25) is 0 Å². The molecule has 0 aromatic heterocycles. The van der Waals surface area contributed by atoms with Crippen LogP contribution in [0.1, 0.15) is 25.7 Å². The van der Waals surface area contributed by atoms with Crippen LogP contribution in [0.15, 0.2) is 18.2 Å². The molecule has 1 fully saturated rings. The maximum atomic E-state index is 6.18. The summed E-state index contributed by atoms with van der Waals surface area (Å²) in [6.07, 6.45) is 4.46. The van der Waals surface area contributed by atoms with Gasteiger partial charge in [0.1, 0.15) is 0 Å². The van der Waals surface area contributed by atoms with Crippen LogP contribution in [0.5, 0.6) is 11.5 Å². The van der Waals surface area contributed by atoms with Crippen molar-refractivity contribution in [3.05, 3.63) is 18.2 Å². The predicted octanol–water partition coefficient (Wildman–Crippen LogP) is 2.16. The fourth-order valence-corrected chi connectivity index (χ4v) is 3.01. The minimum absolute atomic E-state index is 0.279. The third kappa shape index (κ3) is 2.50. The largest absolute Gasteiger partial charge is 0.490 e. The first kappa shape index (κ1) is 12.6. The zero-order valence-corrected chi connectivity index (χ0v) is 11.5. The highest BCUT2D eigenvalue weighted by Gasteiger charge is 2.28. The fraction of sp³-hybridized carbons (Fsp3) is 0.600. The van der Waals surface area contributed by atoms with Crippen LogP contribution < -0.4 is 20.1 Å². The van der Waals surface area contributed by atoms with Gasteiger partial charge in [-0.25, -0.2) is 0 Å². The molecule has 2 unspecified atom stereocenters. The molecule has 19 heavy (non-hydrogen) atoms. The van der Waals surface area contributed by atoms with Crippen molar-refractivity contribution in [3.8, 4) is 11.5 Å². The summed E-state index contributed by atoms with van der Waals surface area (Å²) in [5.41, 5.74) is 7.34. The summed E-state index contributed by atoms with van der Waals surface area (Å²) in [4.78, 5) is 2.28. The number of ether oxygens (including phenoxy) is 2. The van der Waals surface area contributed by atoms with E-state index in [1.807, 2.05) is 6.07 Å². The van der Waals surface area contributed by atoms with Gasteiger partial charge in [0, 0.05) is 37.3 Å². The van der Waals surface area contributed by atoms with Crippen LogP contribution in [0.2, 0.25) is 0 Å². The van der Waals surface area contributed by atoms with Gasteiger partial charge in [-0.2, -0.15) is 0 Å². The average Bonchev–Trinajstić information content (AvgIpc) is 2.72. The lowest BCUT2D eigenvalue weighted by molar-refractivity contribution is 0.297. The summed E-state index contributed by atoms with van der Waals surface area (Å²) in [6.45, 7) is 1.46. The van der Waals surface area contributed by atoms with E-state index in [1.165, 1.54) is 12.8 Å². The third-order valence-corrected chi connectivity index (χ3v) is 4.17. The molecule has 2 aliphatic rings. The molecule has 0 saturated heterocycles. The third-order valence-electron chi connectivity index (χ3n) is 4.17. The highest BCUT2D eigenvalue weighted by atomic mass is 16.5. The Balaban J connectivity index is 1.82. The number of anilines is 1. The smallest absolute Gasteiger partial charge is 0.163 e. The Bertz CT molecular complexity index is 450. The molecule has 3 rings (SSSR count). The number of benzene rings is 1. The Morgan fingerprint density at radius 2 is 1.89 bits per heavy atom. The number of nitrogens with two attached hydrogens (primary N) is 1. The molecule has 1 aliphatic carbocycles. The molecule has 1 aromatic carbocycles. The fourth-order valence-electron chi connectivity index (χ4n) is 3.01. The molecule has 104 valence electrons. The van der Waals surface area contributed by atoms with Gasteiger partial charge in [0.15, 0.2) is 11.5 Å². The van der Waals surface area contributed by atoms with Crippen molar-refractivity contribution in [3.63, 3.8) is 0 Å². The van der Waals surface area contributed by atoms with Gasteiger partial charge < -0.3 is 20.1 Å². The van der Waals surface area contributed by atoms with Gasteiger partial charge in [0.25, 0.3) is 0 Å². The van der Waals surface area contributed by atoms with Gasteiger partial charge in [0.05, 0.1) is 13.2 Å². The number of rotatable bonds is 2. The molecule has 1 aliphatic heterocycles. The van der Waals surface area contributed by atoms with E-state index in [1.54, 1.807) is 0 Å². The second-order valence-electron chi connectivity index (χ2n) is 5.45. The van der Waals surface area contributed by atoms with Gasteiger partial charge in [-0.15, -0.1) is 0 Å². The Hall–Kier alpha value is -1.42. The number of hydrogen-bond donors (Lipinski definition) is 1. The Morgan fingerprint density at radius 3 is 2.63 bits per heavy atom. The molecule has 0 bridgehead atoms. The van der Waals surface area contributed by atoms with Crippen LogP contribution in [0.3, 0.4) is 0 Å². The summed E-state index contributed by atoms with van der Waals surface area (Å²) in [7, 11) is 2.12. The number of fused-ring (bicyclic) bond motifs is 1. The van der Waals surface area contributed by atoms with Gasteiger partial charge in [0.2, 0.25) is 0 Å². The van der Waals surface area contributed by atoms with E-state index < -0.39 is 0 Å². The topological polar surface area (TPSA) is 47.7 Å². The van der Waals surface area contributed by atoms with Crippen molar-refractivity contribution >= 4 is 5.69 Å². The van der Waals surface area contributed by atoms with Gasteiger partial charge >= 0.3 is 0 Å². The monoisotopic (exact) mass is 262 g/mol. The molecule has 1 heterocycles. The SMILES string of the molecule is CN(c1ccc2c(c1)OCCCO2)C1CCCC1N. The molecule has 0 radical (unpaired) electrons. The molecule has 0 amide bonds. The first-order valence-electron chi connectivity index (χ1n) is 7.14. The van der Waals surface area contributed by atoms with Crippen LogP contribution in [0.4, 0.5) is 5.69 Å². The van der Waals surface area contributed by atoms with Gasteiger partial charge in [-0.05, 0) is 31.4 Å². The van der Waals surface area contributed by atoms with Crippen LogP contribution in [-0.2, 0) is 0 Å². The minimum atomic E-state index is 0.279. The first-order valence-corrected chi connectivity index (χ1v) is 7.14. The van der Waals surface area contributed by atoms with E-state index in [9.17, 15) is 0 Å². The van der Waals surface area contributed by atoms with E-state index in [-0.39, 0.29) is 6.04 Å². The standard InChI is InChI=1S/C15H22N2O2/c1-17(13-5-2-4-12(13)16)11-6-7-14-15(10-11)19-9-3-8-18-14/h6-7,10,12-13H,2-5,8-9,16H2,1H3. The Kier molecular flexibility index (Phi) is 3.51. The van der Waals surface area contributed by atoms with Crippen LogP contribution in [0, 0.1) is 0 Å². The first-order chi connectivity index (χ1) is 9.25. The molecule has 2 N–H and O–H groups in total. The van der Waals surface area contributed by atoms with Crippen molar-refractivity contribution in [2.24, 2.45) is 5.73 Å². The van der Waals surface area contributed by atoms with Crippen LogP contribution in [-0.4, -0.2) is 32.3 Å². The Morgan fingerprint density at radius 1 is 1.11 bits per heavy atom. The zero-order valence-electron chi connectivity index (χ0n) is 11.5. The summed E-state index contributed by atoms with van der Waals surface area (Å²) in [5.74, 6) is 1.71. The second kappa shape index (κ2) is 5.29. The second-order valence-corrected chi connectivity index (χ2v) is 5.45. The summed E-state index contributed by atoms with van der Waals surface area (Å²) < 4.78 is 11.4.